The van der Waals surface area contributed by atoms with Gasteiger partial charge in [-0.3, -0.25) is 4.79 Å². The minimum Gasteiger partial charge on any atom is -0.396 e. The Morgan fingerprint density at radius 3 is 2.44 bits per heavy atom. The van der Waals surface area contributed by atoms with Crippen LogP contribution in [-0.2, 0) is 13.1 Å². The number of rotatable bonds is 7. The quantitative estimate of drug-likeness (QED) is 0.716. The van der Waals surface area contributed by atoms with Crippen LogP contribution < -0.4 is 16.2 Å². The highest BCUT2D eigenvalue weighted by Crippen LogP contribution is 2.06. The third-order valence-corrected chi connectivity index (χ3v) is 4.23. The molecule has 1 aromatic carbocycles. The van der Waals surface area contributed by atoms with Crippen LogP contribution in [0.25, 0.3) is 0 Å². The van der Waals surface area contributed by atoms with E-state index in [0.717, 1.165) is 11.1 Å². The molecule has 2 atom stereocenters. The molecule has 0 radical (unpaired) electrons. The monoisotopic (exact) mass is 343 g/mol. The predicted octanol–water partition coefficient (Wildman–Crippen LogP) is 1.71. The van der Waals surface area contributed by atoms with E-state index in [1.165, 1.54) is 6.07 Å². The number of carbonyl (C=O) groups is 1. The molecule has 6 nitrogen and oxygen atoms in total. The number of urea groups is 1. The fraction of sp³-hybridized carbons (Fsp3) is 0.368. The third kappa shape index (κ3) is 5.76. The van der Waals surface area contributed by atoms with Crippen LogP contribution in [0, 0.1) is 5.92 Å². The molecule has 25 heavy (non-hydrogen) atoms. The summed E-state index contributed by atoms with van der Waals surface area (Å²) < 4.78 is 1.64. The summed E-state index contributed by atoms with van der Waals surface area (Å²) >= 11 is 0. The lowest BCUT2D eigenvalue weighted by Crippen LogP contribution is -2.43. The second-order valence-corrected chi connectivity index (χ2v) is 6.26. The second-order valence-electron chi connectivity index (χ2n) is 6.26. The van der Waals surface area contributed by atoms with Gasteiger partial charge in [0.25, 0.3) is 5.56 Å². The first kappa shape index (κ1) is 18.7. The minimum atomic E-state index is -0.257. The van der Waals surface area contributed by atoms with Gasteiger partial charge in [-0.05, 0) is 30.0 Å². The van der Waals surface area contributed by atoms with E-state index >= 15 is 0 Å². The topological polar surface area (TPSA) is 83.4 Å². The highest BCUT2D eigenvalue weighted by Gasteiger charge is 2.13. The maximum absolute atomic E-state index is 11.9. The molecule has 6 heteroatoms. The maximum Gasteiger partial charge on any atom is 0.315 e. The molecule has 2 amide bonds. The Balaban J connectivity index is 1.85. The van der Waals surface area contributed by atoms with Gasteiger partial charge < -0.3 is 20.3 Å². The average molecular weight is 343 g/mol. The van der Waals surface area contributed by atoms with Gasteiger partial charge in [-0.25, -0.2) is 4.79 Å². The number of nitrogens with one attached hydrogen (secondary N) is 2. The summed E-state index contributed by atoms with van der Waals surface area (Å²) in [6.07, 6.45) is 1.76. The van der Waals surface area contributed by atoms with E-state index < -0.39 is 0 Å². The fourth-order valence-corrected chi connectivity index (χ4v) is 2.29. The summed E-state index contributed by atoms with van der Waals surface area (Å²) in [5, 5.41) is 14.7. The number of aromatic nitrogens is 1. The van der Waals surface area contributed by atoms with Gasteiger partial charge in [0.1, 0.15) is 0 Å². The highest BCUT2D eigenvalue weighted by molar-refractivity contribution is 5.74. The summed E-state index contributed by atoms with van der Waals surface area (Å²) in [5.41, 5.74) is 1.96. The van der Waals surface area contributed by atoms with Gasteiger partial charge in [-0.1, -0.05) is 37.3 Å². The predicted molar refractivity (Wildman–Crippen MR) is 97.3 cm³/mol. The molecule has 0 saturated carbocycles. The number of nitrogens with zero attached hydrogens (tertiary/aromatic N) is 1. The number of amides is 2. The lowest BCUT2D eigenvalue weighted by molar-refractivity contribution is 0.200. The van der Waals surface area contributed by atoms with Crippen molar-refractivity contribution in [3.63, 3.8) is 0 Å². The van der Waals surface area contributed by atoms with Crippen molar-refractivity contribution in [3.05, 3.63) is 70.1 Å². The number of hydrogen-bond donors (Lipinski definition) is 3. The Morgan fingerprint density at radius 2 is 1.80 bits per heavy atom. The standard InChI is InChI=1S/C19H25N3O3/c1-14(13-23)15(2)21-19(25)20-11-16-6-8-17(9-7-16)12-22-10-4-3-5-18(22)24/h3-10,14-15,23H,11-13H2,1-2H3,(H2,20,21,25). The van der Waals surface area contributed by atoms with Gasteiger partial charge in [0.05, 0.1) is 6.54 Å². The molecule has 0 aliphatic rings. The first-order valence-electron chi connectivity index (χ1n) is 8.38. The molecular formula is C19H25N3O3. The Bertz CT molecular complexity index is 740. The molecule has 1 aromatic heterocycles. The number of benzene rings is 1. The minimum absolute atomic E-state index is 0.00595. The van der Waals surface area contributed by atoms with E-state index in [0.29, 0.717) is 13.1 Å². The summed E-state index contributed by atoms with van der Waals surface area (Å²) in [6, 6.07) is 12.5. The molecule has 0 aliphatic carbocycles. The van der Waals surface area contributed by atoms with Crippen LogP contribution in [0.5, 0.6) is 0 Å². The molecule has 3 N–H and O–H groups in total. The van der Waals surface area contributed by atoms with E-state index in [9.17, 15) is 9.59 Å². The molecule has 2 aromatic rings. The van der Waals surface area contributed by atoms with Gasteiger partial charge in [0, 0.05) is 31.5 Å². The zero-order valence-electron chi connectivity index (χ0n) is 14.6. The van der Waals surface area contributed by atoms with Crippen molar-refractivity contribution >= 4 is 6.03 Å². The van der Waals surface area contributed by atoms with E-state index in [-0.39, 0.29) is 30.2 Å². The number of carbonyl (C=O) groups excluding carboxylic acids is 1. The SMILES string of the molecule is CC(CO)C(C)NC(=O)NCc1ccc(Cn2ccccc2=O)cc1. The van der Waals surface area contributed by atoms with E-state index in [2.05, 4.69) is 10.6 Å². The number of aliphatic hydroxyl groups is 1. The van der Waals surface area contributed by atoms with E-state index in [4.69, 9.17) is 5.11 Å². The molecular weight excluding hydrogens is 318 g/mol. The maximum atomic E-state index is 11.9. The third-order valence-electron chi connectivity index (χ3n) is 4.23. The molecule has 2 rings (SSSR count). The van der Waals surface area contributed by atoms with Crippen LogP contribution >= 0.6 is 0 Å². The molecule has 1 heterocycles. The van der Waals surface area contributed by atoms with Gasteiger partial charge in [-0.2, -0.15) is 0 Å². The molecule has 0 aliphatic heterocycles. The molecule has 134 valence electrons. The zero-order chi connectivity index (χ0) is 18.2. The first-order valence-corrected chi connectivity index (χ1v) is 8.38. The van der Waals surface area contributed by atoms with Crippen molar-refractivity contribution in [2.24, 2.45) is 5.92 Å². The molecule has 2 unspecified atom stereocenters. The van der Waals surface area contributed by atoms with Crippen LogP contribution in [0.2, 0.25) is 0 Å². The number of aliphatic hydroxyl groups excluding tert-OH is 1. The smallest absolute Gasteiger partial charge is 0.315 e. The van der Waals surface area contributed by atoms with Gasteiger partial charge in [0.2, 0.25) is 0 Å². The van der Waals surface area contributed by atoms with E-state index in [1.807, 2.05) is 44.2 Å². The van der Waals surface area contributed by atoms with Crippen molar-refractivity contribution in [3.8, 4) is 0 Å². The Hall–Kier alpha value is -2.60. The lowest BCUT2D eigenvalue weighted by Gasteiger charge is -2.19. The number of pyridine rings is 1. The van der Waals surface area contributed by atoms with Crippen molar-refractivity contribution in [2.75, 3.05) is 6.61 Å². The summed E-state index contributed by atoms with van der Waals surface area (Å²) in [7, 11) is 0. The molecule has 0 bridgehead atoms. The molecule has 0 spiro atoms. The van der Waals surface area contributed by atoms with Crippen molar-refractivity contribution in [1.82, 2.24) is 15.2 Å². The van der Waals surface area contributed by atoms with Crippen LogP contribution in [0.4, 0.5) is 4.79 Å². The van der Waals surface area contributed by atoms with Gasteiger partial charge in [-0.15, -0.1) is 0 Å². The van der Waals surface area contributed by atoms with Crippen LogP contribution in [-0.4, -0.2) is 28.4 Å². The van der Waals surface area contributed by atoms with Crippen LogP contribution in [0.3, 0.4) is 0 Å². The van der Waals surface area contributed by atoms with E-state index in [1.54, 1.807) is 16.8 Å². The Kier molecular flexibility index (Phi) is 6.77. The summed E-state index contributed by atoms with van der Waals surface area (Å²) in [6.45, 7) is 4.71. The largest absolute Gasteiger partial charge is 0.396 e. The van der Waals surface area contributed by atoms with Crippen molar-refractivity contribution < 1.29 is 9.90 Å². The number of hydrogen-bond acceptors (Lipinski definition) is 3. The first-order chi connectivity index (χ1) is 12.0. The van der Waals surface area contributed by atoms with Crippen molar-refractivity contribution in [1.29, 1.82) is 0 Å². The highest BCUT2D eigenvalue weighted by atomic mass is 16.3. The van der Waals surface area contributed by atoms with Gasteiger partial charge >= 0.3 is 6.03 Å². The Labute approximate surface area is 147 Å². The Morgan fingerprint density at radius 1 is 1.12 bits per heavy atom. The normalized spacial score (nSPS) is 13.1. The average Bonchev–Trinajstić information content (AvgIpc) is 2.62. The van der Waals surface area contributed by atoms with Crippen LogP contribution in [0.15, 0.2) is 53.5 Å². The fourth-order valence-electron chi connectivity index (χ4n) is 2.29. The summed E-state index contributed by atoms with van der Waals surface area (Å²) in [4.78, 5) is 23.6. The zero-order valence-corrected chi connectivity index (χ0v) is 14.6. The second kappa shape index (κ2) is 9.03. The lowest BCUT2D eigenvalue weighted by atomic mass is 10.1. The molecule has 0 saturated heterocycles. The van der Waals surface area contributed by atoms with Crippen molar-refractivity contribution in [2.45, 2.75) is 33.0 Å². The molecule has 0 fully saturated rings. The van der Waals surface area contributed by atoms with Gasteiger partial charge in [0.15, 0.2) is 0 Å². The van der Waals surface area contributed by atoms with Crippen LogP contribution in [0.1, 0.15) is 25.0 Å². The summed E-state index contributed by atoms with van der Waals surface area (Å²) in [5.74, 6) is 0.00595.